The van der Waals surface area contributed by atoms with Gasteiger partial charge in [-0.3, -0.25) is 4.18 Å². The monoisotopic (exact) mass is 274 g/mol. The standard InChI is InChI=1S/C11H16O3S.C2H6O/c1-9-4-5-11(10(2)8-9)6-7-14-15(3,12)13;1-2-3/h4-5,8H,6-7H2,1-3H3;3H,2H2,1H3. The third-order valence-corrected chi connectivity index (χ3v) is 2.76. The lowest BCUT2D eigenvalue weighted by Crippen LogP contribution is -2.06. The van der Waals surface area contributed by atoms with Crippen molar-refractivity contribution in [2.75, 3.05) is 19.5 Å². The van der Waals surface area contributed by atoms with Crippen molar-refractivity contribution < 1.29 is 17.7 Å². The molecule has 104 valence electrons. The van der Waals surface area contributed by atoms with Crippen molar-refractivity contribution in [2.24, 2.45) is 0 Å². The van der Waals surface area contributed by atoms with E-state index >= 15 is 0 Å². The third-order valence-electron chi connectivity index (χ3n) is 2.17. The summed E-state index contributed by atoms with van der Waals surface area (Å²) in [7, 11) is -3.32. The smallest absolute Gasteiger partial charge is 0.264 e. The Labute approximate surface area is 110 Å². The highest BCUT2D eigenvalue weighted by Gasteiger charge is 2.03. The molecule has 0 spiro atoms. The molecule has 0 atom stereocenters. The number of hydrogen-bond donors (Lipinski definition) is 1. The van der Waals surface area contributed by atoms with Gasteiger partial charge in [0, 0.05) is 6.61 Å². The maximum atomic E-state index is 10.7. The molecule has 4 nitrogen and oxygen atoms in total. The van der Waals surface area contributed by atoms with Gasteiger partial charge in [-0.15, -0.1) is 0 Å². The molecule has 0 aliphatic heterocycles. The molecule has 0 aliphatic carbocycles. The Kier molecular flexibility index (Phi) is 7.82. The summed E-state index contributed by atoms with van der Waals surface area (Å²) in [6.45, 7) is 6.19. The number of aliphatic hydroxyl groups is 1. The molecule has 0 saturated heterocycles. The Morgan fingerprint density at radius 1 is 1.28 bits per heavy atom. The largest absolute Gasteiger partial charge is 0.397 e. The van der Waals surface area contributed by atoms with E-state index in [1.165, 1.54) is 11.1 Å². The van der Waals surface area contributed by atoms with Crippen LogP contribution in [-0.2, 0) is 20.7 Å². The predicted molar refractivity (Wildman–Crippen MR) is 73.2 cm³/mol. The van der Waals surface area contributed by atoms with Gasteiger partial charge < -0.3 is 5.11 Å². The quantitative estimate of drug-likeness (QED) is 0.851. The second-order valence-electron chi connectivity index (χ2n) is 4.02. The fourth-order valence-corrected chi connectivity index (χ4v) is 1.82. The lowest BCUT2D eigenvalue weighted by atomic mass is 10.0. The molecule has 0 heterocycles. The topological polar surface area (TPSA) is 63.6 Å². The van der Waals surface area contributed by atoms with E-state index in [-0.39, 0.29) is 13.2 Å². The van der Waals surface area contributed by atoms with Crippen molar-refractivity contribution in [3.63, 3.8) is 0 Å². The average molecular weight is 274 g/mol. The maximum Gasteiger partial charge on any atom is 0.264 e. The number of rotatable bonds is 4. The predicted octanol–water partition coefficient (Wildman–Crippen LogP) is 1.82. The molecular weight excluding hydrogens is 252 g/mol. The van der Waals surface area contributed by atoms with Crippen molar-refractivity contribution in [2.45, 2.75) is 27.2 Å². The van der Waals surface area contributed by atoms with Crippen molar-refractivity contribution in [3.05, 3.63) is 34.9 Å². The molecular formula is C13H22O4S. The van der Waals surface area contributed by atoms with Crippen LogP contribution in [0.5, 0.6) is 0 Å². The summed E-state index contributed by atoms with van der Waals surface area (Å²) < 4.78 is 26.2. The van der Waals surface area contributed by atoms with Crippen LogP contribution in [0.25, 0.3) is 0 Å². The molecule has 0 bridgehead atoms. The van der Waals surface area contributed by atoms with E-state index in [0.29, 0.717) is 6.42 Å². The normalized spacial score (nSPS) is 10.7. The first-order chi connectivity index (χ1) is 8.30. The Morgan fingerprint density at radius 2 is 1.83 bits per heavy atom. The highest BCUT2D eigenvalue weighted by atomic mass is 32.2. The lowest BCUT2D eigenvalue weighted by molar-refractivity contribution is 0.318. The number of aryl methyl sites for hydroxylation is 2. The molecule has 1 aromatic rings. The highest BCUT2D eigenvalue weighted by Crippen LogP contribution is 2.11. The molecule has 0 saturated carbocycles. The van der Waals surface area contributed by atoms with Crippen LogP contribution >= 0.6 is 0 Å². The maximum absolute atomic E-state index is 10.7. The van der Waals surface area contributed by atoms with Gasteiger partial charge in [-0.1, -0.05) is 23.8 Å². The molecule has 18 heavy (non-hydrogen) atoms. The fourth-order valence-electron chi connectivity index (χ4n) is 1.43. The summed E-state index contributed by atoms with van der Waals surface area (Å²) in [6.07, 6.45) is 1.69. The first-order valence-electron chi connectivity index (χ1n) is 5.81. The zero-order chi connectivity index (χ0) is 14.2. The van der Waals surface area contributed by atoms with E-state index in [4.69, 9.17) is 9.29 Å². The molecule has 5 heteroatoms. The van der Waals surface area contributed by atoms with Crippen molar-refractivity contribution in [1.82, 2.24) is 0 Å². The molecule has 1 aromatic carbocycles. The van der Waals surface area contributed by atoms with Gasteiger partial charge >= 0.3 is 0 Å². The Bertz CT molecular complexity index is 452. The summed E-state index contributed by atoms with van der Waals surface area (Å²) in [6, 6.07) is 6.11. The van der Waals surface area contributed by atoms with E-state index in [0.717, 1.165) is 11.8 Å². The molecule has 0 radical (unpaired) electrons. The summed E-state index contributed by atoms with van der Waals surface area (Å²) in [5.74, 6) is 0. The minimum atomic E-state index is -3.32. The zero-order valence-electron chi connectivity index (χ0n) is 11.4. The van der Waals surface area contributed by atoms with Crippen LogP contribution < -0.4 is 0 Å². The van der Waals surface area contributed by atoms with Crippen LogP contribution in [0.3, 0.4) is 0 Å². The highest BCUT2D eigenvalue weighted by molar-refractivity contribution is 7.85. The number of aliphatic hydroxyl groups excluding tert-OH is 1. The minimum Gasteiger partial charge on any atom is -0.397 e. The van der Waals surface area contributed by atoms with Gasteiger partial charge in [-0.25, -0.2) is 0 Å². The van der Waals surface area contributed by atoms with Crippen LogP contribution in [0.1, 0.15) is 23.6 Å². The molecule has 1 rings (SSSR count). The van der Waals surface area contributed by atoms with Gasteiger partial charge in [-0.05, 0) is 38.3 Å². The van der Waals surface area contributed by atoms with Crippen LogP contribution in [0, 0.1) is 13.8 Å². The number of hydrogen-bond acceptors (Lipinski definition) is 4. The van der Waals surface area contributed by atoms with E-state index in [1.807, 2.05) is 26.0 Å². The van der Waals surface area contributed by atoms with E-state index in [9.17, 15) is 8.42 Å². The Hall–Kier alpha value is -0.910. The van der Waals surface area contributed by atoms with Gasteiger partial charge in [-0.2, -0.15) is 8.42 Å². The second-order valence-corrected chi connectivity index (χ2v) is 5.67. The first kappa shape index (κ1) is 17.1. The molecule has 0 aliphatic rings. The Balaban J connectivity index is 0.000000873. The fraction of sp³-hybridized carbons (Fsp3) is 0.538. The summed E-state index contributed by atoms with van der Waals surface area (Å²) in [5.41, 5.74) is 3.51. The van der Waals surface area contributed by atoms with Gasteiger partial charge in [0.1, 0.15) is 0 Å². The van der Waals surface area contributed by atoms with Crippen LogP contribution in [0.2, 0.25) is 0 Å². The summed E-state index contributed by atoms with van der Waals surface area (Å²) >= 11 is 0. The van der Waals surface area contributed by atoms with Crippen LogP contribution in [0.15, 0.2) is 18.2 Å². The molecule has 1 N–H and O–H groups in total. The number of benzene rings is 1. The average Bonchev–Trinajstić information content (AvgIpc) is 2.21. The third kappa shape index (κ3) is 8.22. The molecule has 0 amide bonds. The van der Waals surface area contributed by atoms with Gasteiger partial charge in [0.15, 0.2) is 0 Å². The van der Waals surface area contributed by atoms with Gasteiger partial charge in [0.25, 0.3) is 10.1 Å². The van der Waals surface area contributed by atoms with E-state index in [1.54, 1.807) is 6.92 Å². The van der Waals surface area contributed by atoms with Crippen molar-refractivity contribution >= 4 is 10.1 Å². The zero-order valence-corrected chi connectivity index (χ0v) is 12.3. The van der Waals surface area contributed by atoms with E-state index in [2.05, 4.69) is 6.07 Å². The minimum absolute atomic E-state index is 0.211. The van der Waals surface area contributed by atoms with E-state index < -0.39 is 10.1 Å². The van der Waals surface area contributed by atoms with Gasteiger partial charge in [0.05, 0.1) is 12.9 Å². The molecule has 0 unspecified atom stereocenters. The lowest BCUT2D eigenvalue weighted by Gasteiger charge is -2.06. The van der Waals surface area contributed by atoms with Crippen LogP contribution in [-0.4, -0.2) is 33.0 Å². The second kappa shape index (κ2) is 8.24. The molecule has 0 aromatic heterocycles. The van der Waals surface area contributed by atoms with Gasteiger partial charge in [0.2, 0.25) is 0 Å². The van der Waals surface area contributed by atoms with Crippen molar-refractivity contribution in [1.29, 1.82) is 0 Å². The van der Waals surface area contributed by atoms with Crippen molar-refractivity contribution in [3.8, 4) is 0 Å². The summed E-state index contributed by atoms with van der Waals surface area (Å²) in [4.78, 5) is 0. The van der Waals surface area contributed by atoms with Crippen LogP contribution in [0.4, 0.5) is 0 Å². The Morgan fingerprint density at radius 3 is 2.28 bits per heavy atom. The molecule has 0 fully saturated rings. The first-order valence-corrected chi connectivity index (χ1v) is 7.63. The summed E-state index contributed by atoms with van der Waals surface area (Å²) in [5, 5.41) is 7.57. The SMILES string of the molecule is CCO.Cc1ccc(CCOS(C)(=O)=O)c(C)c1.